The number of hydrogen-bond acceptors (Lipinski definition) is 4. The first-order chi connectivity index (χ1) is 13.3. The molecule has 2 fully saturated rings. The van der Waals surface area contributed by atoms with E-state index in [1.807, 2.05) is 4.90 Å². The number of aryl methyl sites for hydroxylation is 1. The summed E-state index contributed by atoms with van der Waals surface area (Å²) >= 11 is 0.998. The molecule has 3 heterocycles. The molecule has 1 saturated heterocycles. The minimum atomic E-state index is -4.51. The number of hydrogen-bond donors (Lipinski definition) is 0. The molecule has 0 aromatic carbocycles. The Morgan fingerprint density at radius 1 is 1.11 bits per heavy atom. The van der Waals surface area contributed by atoms with Crippen molar-refractivity contribution in [2.24, 2.45) is 5.92 Å². The van der Waals surface area contributed by atoms with E-state index in [4.69, 9.17) is 0 Å². The molecule has 0 atom stereocenters. The molecule has 150 valence electrons. The van der Waals surface area contributed by atoms with E-state index in [-0.39, 0.29) is 22.6 Å². The number of carbonyl (C=O) groups excluding carboxylic acids is 2. The third-order valence-corrected chi connectivity index (χ3v) is 6.81. The van der Waals surface area contributed by atoms with E-state index in [2.05, 4.69) is 4.98 Å². The van der Waals surface area contributed by atoms with E-state index in [9.17, 15) is 22.8 Å². The van der Waals surface area contributed by atoms with Gasteiger partial charge in [0.05, 0.1) is 4.88 Å². The normalized spacial score (nSPS) is 18.4. The Labute approximate surface area is 164 Å². The SMILES string of the molecule is Cc1c(C(=O)N2CCN(C(=O)C3CCC3)CC2)sc2nc(C(F)(F)F)ccc12. The first-order valence-electron chi connectivity index (χ1n) is 9.31. The zero-order valence-corrected chi connectivity index (χ0v) is 16.2. The first kappa shape index (κ1) is 19.2. The quantitative estimate of drug-likeness (QED) is 0.757. The highest BCUT2D eigenvalue weighted by molar-refractivity contribution is 7.20. The van der Waals surface area contributed by atoms with Crippen LogP contribution in [0.2, 0.25) is 0 Å². The van der Waals surface area contributed by atoms with Crippen molar-refractivity contribution in [2.75, 3.05) is 26.2 Å². The fraction of sp³-hybridized carbons (Fsp3) is 0.526. The molecule has 1 saturated carbocycles. The number of amides is 2. The monoisotopic (exact) mass is 411 g/mol. The third-order valence-electron chi connectivity index (χ3n) is 5.62. The number of carbonyl (C=O) groups is 2. The standard InChI is InChI=1S/C19H20F3N3O2S/c1-11-13-5-6-14(19(20,21)22)23-16(13)28-15(11)18(27)25-9-7-24(8-10-25)17(26)12-3-2-4-12/h5-6,12H,2-4,7-10H2,1H3. The first-order valence-corrected chi connectivity index (χ1v) is 10.1. The van der Waals surface area contributed by atoms with Crippen LogP contribution in [0.5, 0.6) is 0 Å². The molecule has 0 spiro atoms. The molecule has 2 aromatic rings. The molecule has 28 heavy (non-hydrogen) atoms. The lowest BCUT2D eigenvalue weighted by Gasteiger charge is -2.38. The molecule has 2 aromatic heterocycles. The van der Waals surface area contributed by atoms with Gasteiger partial charge in [-0.15, -0.1) is 11.3 Å². The van der Waals surface area contributed by atoms with Gasteiger partial charge in [-0.3, -0.25) is 9.59 Å². The number of halogens is 3. The summed E-state index contributed by atoms with van der Waals surface area (Å²) in [7, 11) is 0. The van der Waals surface area contributed by atoms with Crippen LogP contribution in [-0.2, 0) is 11.0 Å². The second kappa shape index (κ2) is 7.02. The van der Waals surface area contributed by atoms with E-state index >= 15 is 0 Å². The number of thiophene rings is 1. The Bertz CT molecular complexity index is 928. The van der Waals surface area contributed by atoms with Gasteiger partial charge < -0.3 is 9.80 Å². The zero-order chi connectivity index (χ0) is 20.1. The summed E-state index contributed by atoms with van der Waals surface area (Å²) in [6.45, 7) is 3.61. The van der Waals surface area contributed by atoms with Gasteiger partial charge in [-0.05, 0) is 37.5 Å². The Hall–Kier alpha value is -2.16. The summed E-state index contributed by atoms with van der Waals surface area (Å²) in [6, 6.07) is 2.32. The number of fused-ring (bicyclic) bond motifs is 1. The van der Waals surface area contributed by atoms with Gasteiger partial charge in [0, 0.05) is 37.5 Å². The lowest BCUT2D eigenvalue weighted by Crippen LogP contribution is -2.52. The number of rotatable bonds is 2. The highest BCUT2D eigenvalue weighted by Crippen LogP contribution is 2.35. The Morgan fingerprint density at radius 2 is 1.75 bits per heavy atom. The van der Waals surface area contributed by atoms with Crippen molar-refractivity contribution in [3.8, 4) is 0 Å². The maximum absolute atomic E-state index is 12.9. The Morgan fingerprint density at radius 3 is 2.32 bits per heavy atom. The lowest BCUT2D eigenvalue weighted by atomic mass is 9.84. The fourth-order valence-corrected chi connectivity index (χ4v) is 4.80. The number of alkyl halides is 3. The largest absolute Gasteiger partial charge is 0.433 e. The number of nitrogens with zero attached hydrogens (tertiary/aromatic N) is 3. The van der Waals surface area contributed by atoms with E-state index in [1.54, 1.807) is 11.8 Å². The van der Waals surface area contributed by atoms with Gasteiger partial charge in [0.2, 0.25) is 5.91 Å². The molecule has 5 nitrogen and oxygen atoms in total. The minimum absolute atomic E-state index is 0.140. The molecule has 1 aliphatic carbocycles. The van der Waals surface area contributed by atoms with Crippen LogP contribution in [0.1, 0.15) is 40.2 Å². The molecule has 2 aliphatic rings. The molecule has 0 bridgehead atoms. The summed E-state index contributed by atoms with van der Waals surface area (Å²) in [5, 5.41) is 0.570. The van der Waals surface area contributed by atoms with Crippen molar-refractivity contribution in [3.05, 3.63) is 28.3 Å². The fourth-order valence-electron chi connectivity index (χ4n) is 3.65. The molecule has 0 unspecified atom stereocenters. The van der Waals surface area contributed by atoms with Gasteiger partial charge in [0.25, 0.3) is 5.91 Å². The number of piperazine rings is 1. The topological polar surface area (TPSA) is 53.5 Å². The summed E-state index contributed by atoms with van der Waals surface area (Å²) in [4.78, 5) is 33.1. The second-order valence-electron chi connectivity index (χ2n) is 7.35. The molecule has 9 heteroatoms. The molecule has 0 radical (unpaired) electrons. The van der Waals surface area contributed by atoms with Crippen LogP contribution >= 0.6 is 11.3 Å². The smallest absolute Gasteiger partial charge is 0.339 e. The van der Waals surface area contributed by atoms with Crippen LogP contribution in [-0.4, -0.2) is 52.8 Å². The average Bonchev–Trinajstić information content (AvgIpc) is 2.95. The third kappa shape index (κ3) is 3.36. The van der Waals surface area contributed by atoms with Crippen molar-refractivity contribution < 1.29 is 22.8 Å². The predicted molar refractivity (Wildman–Crippen MR) is 99.2 cm³/mol. The highest BCUT2D eigenvalue weighted by atomic mass is 32.1. The maximum atomic E-state index is 12.9. The minimum Gasteiger partial charge on any atom is -0.339 e. The molecule has 2 amide bonds. The predicted octanol–water partition coefficient (Wildman–Crippen LogP) is 3.71. The summed E-state index contributed by atoms with van der Waals surface area (Å²) in [5.74, 6) is 0.117. The zero-order valence-electron chi connectivity index (χ0n) is 15.4. The van der Waals surface area contributed by atoms with Crippen LogP contribution in [0.25, 0.3) is 10.2 Å². The van der Waals surface area contributed by atoms with Gasteiger partial charge in [0.1, 0.15) is 10.5 Å². The molecular weight excluding hydrogens is 391 g/mol. The summed E-state index contributed by atoms with van der Waals surface area (Å²) < 4.78 is 38.7. The summed E-state index contributed by atoms with van der Waals surface area (Å²) in [6.07, 6.45) is -1.51. The van der Waals surface area contributed by atoms with Gasteiger partial charge in [-0.25, -0.2) is 4.98 Å². The Kier molecular flexibility index (Phi) is 4.81. The van der Waals surface area contributed by atoms with Gasteiger partial charge in [-0.2, -0.15) is 13.2 Å². The number of aromatic nitrogens is 1. The molecule has 1 aliphatic heterocycles. The summed E-state index contributed by atoms with van der Waals surface area (Å²) in [5.41, 5.74) is -0.303. The van der Waals surface area contributed by atoms with Crippen molar-refractivity contribution >= 4 is 33.4 Å². The van der Waals surface area contributed by atoms with Crippen LogP contribution in [0, 0.1) is 12.8 Å². The van der Waals surface area contributed by atoms with E-state index in [0.29, 0.717) is 42.0 Å². The van der Waals surface area contributed by atoms with Crippen molar-refractivity contribution in [2.45, 2.75) is 32.4 Å². The molecule has 0 N–H and O–H groups in total. The maximum Gasteiger partial charge on any atom is 0.433 e. The Balaban J connectivity index is 1.49. The van der Waals surface area contributed by atoms with E-state index < -0.39 is 11.9 Å². The van der Waals surface area contributed by atoms with Gasteiger partial charge in [-0.1, -0.05) is 6.42 Å². The average molecular weight is 411 g/mol. The van der Waals surface area contributed by atoms with Crippen LogP contribution < -0.4 is 0 Å². The van der Waals surface area contributed by atoms with Crippen LogP contribution in [0.4, 0.5) is 13.2 Å². The van der Waals surface area contributed by atoms with Gasteiger partial charge in [0.15, 0.2) is 0 Å². The van der Waals surface area contributed by atoms with Crippen molar-refractivity contribution in [3.63, 3.8) is 0 Å². The van der Waals surface area contributed by atoms with Crippen LogP contribution in [0.15, 0.2) is 12.1 Å². The number of pyridine rings is 1. The second-order valence-corrected chi connectivity index (χ2v) is 8.35. The van der Waals surface area contributed by atoms with Crippen molar-refractivity contribution in [1.29, 1.82) is 0 Å². The lowest BCUT2D eigenvalue weighted by molar-refractivity contribution is -0.141. The molecule has 4 rings (SSSR count). The highest BCUT2D eigenvalue weighted by Gasteiger charge is 2.34. The van der Waals surface area contributed by atoms with Crippen LogP contribution in [0.3, 0.4) is 0 Å². The molecular formula is C19H20F3N3O2S. The van der Waals surface area contributed by atoms with E-state index in [0.717, 1.165) is 36.7 Å². The van der Waals surface area contributed by atoms with E-state index in [1.165, 1.54) is 6.07 Å². The van der Waals surface area contributed by atoms with Gasteiger partial charge >= 0.3 is 6.18 Å². The van der Waals surface area contributed by atoms with Crippen molar-refractivity contribution in [1.82, 2.24) is 14.8 Å².